The Labute approximate surface area is 97.3 Å². The van der Waals surface area contributed by atoms with Crippen LogP contribution in [0.15, 0.2) is 0 Å². The molecule has 16 heavy (non-hydrogen) atoms. The molecule has 4 heteroatoms. The van der Waals surface area contributed by atoms with Crippen molar-refractivity contribution < 1.29 is 19.1 Å². The number of ketones is 1. The normalized spacial score (nSPS) is 12.6. The topological polar surface area (TPSA) is 52.6 Å². The summed E-state index contributed by atoms with van der Waals surface area (Å²) in [4.78, 5) is 23.2. The lowest BCUT2D eigenvalue weighted by atomic mass is 9.94. The number of hydrogen-bond donors (Lipinski definition) is 0. The monoisotopic (exact) mass is 230 g/mol. The molecular formula is C12H22O4. The highest BCUT2D eigenvalue weighted by Gasteiger charge is 2.27. The highest BCUT2D eigenvalue weighted by molar-refractivity contribution is 5.99. The molecule has 0 heterocycles. The first kappa shape index (κ1) is 15.1. The van der Waals surface area contributed by atoms with Gasteiger partial charge in [-0.2, -0.15) is 0 Å². The van der Waals surface area contributed by atoms with E-state index in [1.54, 1.807) is 6.92 Å². The molecule has 0 bridgehead atoms. The van der Waals surface area contributed by atoms with Crippen LogP contribution in [0.2, 0.25) is 0 Å². The third-order valence-electron chi connectivity index (χ3n) is 2.28. The van der Waals surface area contributed by atoms with E-state index in [-0.39, 0.29) is 12.4 Å². The Hall–Kier alpha value is -0.900. The molecule has 0 N–H and O–H groups in total. The number of rotatable bonds is 8. The van der Waals surface area contributed by atoms with Gasteiger partial charge in [0.15, 0.2) is 5.78 Å². The van der Waals surface area contributed by atoms with Crippen LogP contribution >= 0.6 is 0 Å². The van der Waals surface area contributed by atoms with Crippen LogP contribution in [0.4, 0.5) is 0 Å². The van der Waals surface area contributed by atoms with Gasteiger partial charge in [0.1, 0.15) is 12.5 Å². The second-order valence-electron chi connectivity index (χ2n) is 4.18. The van der Waals surface area contributed by atoms with Gasteiger partial charge in [0, 0.05) is 7.11 Å². The average Bonchev–Trinajstić information content (AvgIpc) is 2.18. The lowest BCUT2D eigenvalue weighted by molar-refractivity contribution is -0.152. The Morgan fingerprint density at radius 1 is 1.19 bits per heavy atom. The first-order valence-electron chi connectivity index (χ1n) is 5.71. The Kier molecular flexibility index (Phi) is 7.81. The largest absolute Gasteiger partial charge is 0.465 e. The summed E-state index contributed by atoms with van der Waals surface area (Å²) in [5.74, 6) is -0.818. The summed E-state index contributed by atoms with van der Waals surface area (Å²) in [6, 6.07) is 0. The van der Waals surface area contributed by atoms with Gasteiger partial charge in [0.2, 0.25) is 0 Å². The van der Waals surface area contributed by atoms with E-state index in [0.29, 0.717) is 18.9 Å². The quantitative estimate of drug-likeness (QED) is 0.471. The summed E-state index contributed by atoms with van der Waals surface area (Å²) in [6.07, 6.45) is 1.37. The van der Waals surface area contributed by atoms with E-state index in [1.165, 1.54) is 7.11 Å². The molecule has 0 aliphatic carbocycles. The number of hydrogen-bond acceptors (Lipinski definition) is 4. The van der Waals surface area contributed by atoms with Gasteiger partial charge in [-0.3, -0.25) is 9.59 Å². The highest BCUT2D eigenvalue weighted by atomic mass is 16.5. The van der Waals surface area contributed by atoms with Crippen LogP contribution < -0.4 is 0 Å². The van der Waals surface area contributed by atoms with Crippen molar-refractivity contribution in [3.05, 3.63) is 0 Å². The number of ether oxygens (including phenoxy) is 2. The van der Waals surface area contributed by atoms with Gasteiger partial charge in [-0.25, -0.2) is 0 Å². The molecule has 0 fully saturated rings. The molecule has 0 radical (unpaired) electrons. The van der Waals surface area contributed by atoms with E-state index < -0.39 is 11.9 Å². The van der Waals surface area contributed by atoms with Gasteiger partial charge >= 0.3 is 5.97 Å². The molecule has 0 amide bonds. The Balaban J connectivity index is 4.37. The third-order valence-corrected chi connectivity index (χ3v) is 2.28. The standard InChI is InChI=1S/C12H22O4/c1-5-16-12(14)10(7-6-9(2)3)11(13)8-15-4/h9-10H,5-8H2,1-4H3/t10-/m0/s1. The first-order valence-corrected chi connectivity index (χ1v) is 5.71. The van der Waals surface area contributed by atoms with Crippen molar-refractivity contribution in [3.8, 4) is 0 Å². The Morgan fingerprint density at radius 2 is 1.81 bits per heavy atom. The molecule has 94 valence electrons. The number of Topliss-reactive ketones (excluding diaryl/α,β-unsaturated/α-hetero) is 1. The minimum Gasteiger partial charge on any atom is -0.465 e. The van der Waals surface area contributed by atoms with Crippen molar-refractivity contribution in [2.24, 2.45) is 11.8 Å². The summed E-state index contributed by atoms with van der Waals surface area (Å²) in [5.41, 5.74) is 0. The van der Waals surface area contributed by atoms with Crippen molar-refractivity contribution in [2.45, 2.75) is 33.6 Å². The zero-order valence-electron chi connectivity index (χ0n) is 10.6. The van der Waals surface area contributed by atoms with Gasteiger partial charge in [-0.1, -0.05) is 13.8 Å². The molecule has 1 atom stereocenters. The van der Waals surface area contributed by atoms with Crippen molar-refractivity contribution in [2.75, 3.05) is 20.3 Å². The SMILES string of the molecule is CCOC(=O)[C@@H](CCC(C)C)C(=O)COC. The highest BCUT2D eigenvalue weighted by Crippen LogP contribution is 2.15. The van der Waals surface area contributed by atoms with E-state index >= 15 is 0 Å². The molecule has 0 rings (SSSR count). The van der Waals surface area contributed by atoms with Crippen LogP contribution in [-0.4, -0.2) is 32.1 Å². The molecule has 0 spiro atoms. The summed E-state index contributed by atoms with van der Waals surface area (Å²) < 4.78 is 9.65. The molecule has 4 nitrogen and oxygen atoms in total. The molecule has 0 unspecified atom stereocenters. The van der Waals surface area contributed by atoms with Crippen molar-refractivity contribution in [1.29, 1.82) is 0 Å². The Bertz CT molecular complexity index is 205. The van der Waals surface area contributed by atoms with Crippen molar-refractivity contribution >= 4 is 11.8 Å². The van der Waals surface area contributed by atoms with Gasteiger partial charge < -0.3 is 9.47 Å². The molecule has 0 saturated carbocycles. The number of carbonyl (C=O) groups is 2. The summed E-state index contributed by atoms with van der Waals surface area (Å²) in [6.45, 7) is 6.13. The van der Waals surface area contributed by atoms with Crippen LogP contribution in [0.1, 0.15) is 33.6 Å². The minimum atomic E-state index is -0.665. The van der Waals surface area contributed by atoms with Crippen LogP contribution in [0.25, 0.3) is 0 Å². The maximum Gasteiger partial charge on any atom is 0.316 e. The molecule has 0 aromatic carbocycles. The zero-order valence-corrected chi connectivity index (χ0v) is 10.6. The second kappa shape index (κ2) is 8.28. The lowest BCUT2D eigenvalue weighted by Gasteiger charge is -2.15. The molecular weight excluding hydrogens is 208 g/mol. The molecule has 0 saturated heterocycles. The van der Waals surface area contributed by atoms with Crippen LogP contribution in [0, 0.1) is 11.8 Å². The summed E-state index contributed by atoms with van der Waals surface area (Å²) in [5, 5.41) is 0. The van der Waals surface area contributed by atoms with E-state index in [2.05, 4.69) is 13.8 Å². The minimum absolute atomic E-state index is 0.0262. The maximum atomic E-state index is 11.6. The Morgan fingerprint density at radius 3 is 2.25 bits per heavy atom. The second-order valence-corrected chi connectivity index (χ2v) is 4.18. The summed E-state index contributed by atoms with van der Waals surface area (Å²) >= 11 is 0. The zero-order chi connectivity index (χ0) is 12.6. The molecule has 0 aromatic rings. The predicted octanol–water partition coefficient (Wildman–Crippen LogP) is 1.82. The van der Waals surface area contributed by atoms with E-state index in [1.807, 2.05) is 0 Å². The smallest absolute Gasteiger partial charge is 0.316 e. The summed E-state index contributed by atoms with van der Waals surface area (Å²) in [7, 11) is 1.45. The lowest BCUT2D eigenvalue weighted by Crippen LogP contribution is -2.29. The van der Waals surface area contributed by atoms with Crippen molar-refractivity contribution in [1.82, 2.24) is 0 Å². The number of methoxy groups -OCH3 is 1. The fourth-order valence-corrected chi connectivity index (χ4v) is 1.40. The van der Waals surface area contributed by atoms with Gasteiger partial charge in [0.25, 0.3) is 0 Å². The van der Waals surface area contributed by atoms with E-state index in [4.69, 9.17) is 9.47 Å². The van der Waals surface area contributed by atoms with Gasteiger partial charge in [0.05, 0.1) is 6.61 Å². The van der Waals surface area contributed by atoms with Gasteiger partial charge in [-0.05, 0) is 25.7 Å². The van der Waals surface area contributed by atoms with Gasteiger partial charge in [-0.15, -0.1) is 0 Å². The number of carbonyl (C=O) groups excluding carboxylic acids is 2. The fraction of sp³-hybridized carbons (Fsp3) is 0.833. The average molecular weight is 230 g/mol. The molecule has 0 aliphatic rings. The number of esters is 1. The van der Waals surface area contributed by atoms with Crippen LogP contribution in [0.5, 0.6) is 0 Å². The molecule has 0 aromatic heterocycles. The predicted molar refractivity (Wildman–Crippen MR) is 61.1 cm³/mol. The fourth-order valence-electron chi connectivity index (χ4n) is 1.40. The van der Waals surface area contributed by atoms with E-state index in [9.17, 15) is 9.59 Å². The first-order chi connectivity index (χ1) is 7.52. The van der Waals surface area contributed by atoms with Crippen molar-refractivity contribution in [3.63, 3.8) is 0 Å². The third kappa shape index (κ3) is 5.85. The molecule has 0 aliphatic heterocycles. The van der Waals surface area contributed by atoms with Crippen LogP contribution in [-0.2, 0) is 19.1 Å². The maximum absolute atomic E-state index is 11.6. The van der Waals surface area contributed by atoms with E-state index in [0.717, 1.165) is 6.42 Å². The van der Waals surface area contributed by atoms with Crippen LogP contribution in [0.3, 0.4) is 0 Å².